The third-order valence-electron chi connectivity index (χ3n) is 7.80. The largest absolute Gasteiger partial charge is 0.465 e. The van der Waals surface area contributed by atoms with E-state index in [1.54, 1.807) is 0 Å². The fraction of sp³-hybridized carbons (Fsp3) is 0.812. The van der Waals surface area contributed by atoms with E-state index in [-0.39, 0.29) is 55.3 Å². The molecule has 2 fully saturated rings. The summed E-state index contributed by atoms with van der Waals surface area (Å²) in [7, 11) is 0. The lowest BCUT2D eigenvalue weighted by Crippen LogP contribution is -2.43. The Labute approximate surface area is 256 Å². The zero-order valence-corrected chi connectivity index (χ0v) is 26.4. The summed E-state index contributed by atoms with van der Waals surface area (Å²) in [6, 6.07) is -0.333. The average molecular weight is 608 g/mol. The first-order valence-corrected chi connectivity index (χ1v) is 16.3. The van der Waals surface area contributed by atoms with Crippen LogP contribution in [0.1, 0.15) is 129 Å². The third-order valence-corrected chi connectivity index (χ3v) is 7.80. The minimum absolute atomic E-state index is 0.0547. The molecule has 0 aromatic carbocycles. The van der Waals surface area contributed by atoms with Crippen LogP contribution < -0.4 is 5.32 Å². The Morgan fingerprint density at radius 3 is 1.72 bits per heavy atom. The lowest BCUT2D eigenvalue weighted by molar-refractivity contribution is -0.153. The molecule has 0 unspecified atom stereocenters. The van der Waals surface area contributed by atoms with Gasteiger partial charge in [0.1, 0.15) is 0 Å². The number of amides is 5. The summed E-state index contributed by atoms with van der Waals surface area (Å²) in [5.74, 6) is -0.857. The van der Waals surface area contributed by atoms with Crippen LogP contribution in [0.5, 0.6) is 0 Å². The van der Waals surface area contributed by atoms with Crippen molar-refractivity contribution in [3.63, 3.8) is 0 Å². The predicted octanol–water partition coefficient (Wildman–Crippen LogP) is 5.04. The molecule has 244 valence electrons. The van der Waals surface area contributed by atoms with E-state index in [9.17, 15) is 28.8 Å². The second-order valence-corrected chi connectivity index (χ2v) is 12.5. The monoisotopic (exact) mass is 607 g/mol. The van der Waals surface area contributed by atoms with E-state index in [0.29, 0.717) is 71.0 Å². The number of unbranched alkanes of at least 4 members (excludes halogenated alkanes) is 5. The molecule has 0 aliphatic carbocycles. The van der Waals surface area contributed by atoms with E-state index < -0.39 is 5.41 Å². The Bertz CT molecular complexity index is 864. The normalized spacial score (nSPS) is 16.3. The topological polar surface area (TPSA) is 139 Å². The van der Waals surface area contributed by atoms with Crippen LogP contribution in [0, 0.1) is 5.41 Å². The molecule has 0 aromatic heterocycles. The van der Waals surface area contributed by atoms with Crippen LogP contribution in [0.4, 0.5) is 4.79 Å². The minimum Gasteiger partial charge on any atom is -0.465 e. The predicted molar refractivity (Wildman–Crippen MR) is 161 cm³/mol. The molecule has 43 heavy (non-hydrogen) atoms. The van der Waals surface area contributed by atoms with E-state index in [4.69, 9.17) is 9.47 Å². The van der Waals surface area contributed by atoms with E-state index >= 15 is 0 Å². The highest BCUT2D eigenvalue weighted by atomic mass is 16.5. The molecule has 2 saturated heterocycles. The summed E-state index contributed by atoms with van der Waals surface area (Å²) in [5, 5.41) is 2.79. The highest BCUT2D eigenvalue weighted by molar-refractivity contribution is 5.95. The number of imide groups is 2. The van der Waals surface area contributed by atoms with Gasteiger partial charge in [0.05, 0.1) is 13.2 Å². The number of rotatable bonds is 17. The van der Waals surface area contributed by atoms with Gasteiger partial charge < -0.3 is 14.8 Å². The van der Waals surface area contributed by atoms with Gasteiger partial charge in [-0.15, -0.1) is 0 Å². The Hall–Kier alpha value is -2.98. The van der Waals surface area contributed by atoms with Crippen LogP contribution in [-0.4, -0.2) is 78.3 Å². The summed E-state index contributed by atoms with van der Waals surface area (Å²) in [6.07, 6.45) is 12.3. The van der Waals surface area contributed by atoms with Gasteiger partial charge in [0, 0.05) is 57.2 Å². The molecule has 2 rings (SSSR count). The van der Waals surface area contributed by atoms with Crippen LogP contribution in [0.3, 0.4) is 0 Å². The second-order valence-electron chi connectivity index (χ2n) is 12.5. The molecule has 2 aliphatic heterocycles. The van der Waals surface area contributed by atoms with Crippen molar-refractivity contribution in [1.82, 2.24) is 15.1 Å². The lowest BCUT2D eigenvalue weighted by atomic mass is 9.96. The van der Waals surface area contributed by atoms with Crippen molar-refractivity contribution in [3.8, 4) is 0 Å². The standard InChI is InChI=1S/C32H53N3O8/c1-32(2,24-42-29(39)19-11-4-3-8-16-26(36)34-22-14-6-9-17-27(34)37)25-43-30(40)20-12-5-13-21-33-31(41)35-23-15-7-10-18-28(35)38/h3-25H2,1-2H3,(H,33,41). The summed E-state index contributed by atoms with van der Waals surface area (Å²) < 4.78 is 10.8. The van der Waals surface area contributed by atoms with Gasteiger partial charge in [-0.05, 0) is 51.4 Å². The first kappa shape index (κ1) is 36.2. The molecular formula is C32H53N3O8. The Balaban J connectivity index is 1.46. The molecular weight excluding hydrogens is 554 g/mol. The smallest absolute Gasteiger partial charge is 0.324 e. The number of hydrogen-bond donors (Lipinski definition) is 1. The van der Waals surface area contributed by atoms with Crippen LogP contribution in [0.25, 0.3) is 0 Å². The van der Waals surface area contributed by atoms with Crippen molar-refractivity contribution in [2.45, 2.75) is 129 Å². The molecule has 11 nitrogen and oxygen atoms in total. The summed E-state index contributed by atoms with van der Waals surface area (Å²) in [6.45, 7) is 5.50. The van der Waals surface area contributed by atoms with E-state index in [2.05, 4.69) is 5.32 Å². The number of esters is 2. The molecule has 0 spiro atoms. The first-order valence-electron chi connectivity index (χ1n) is 16.3. The first-order chi connectivity index (χ1) is 20.6. The summed E-state index contributed by atoms with van der Waals surface area (Å²) >= 11 is 0. The number of carbonyl (C=O) groups excluding carboxylic acids is 6. The molecule has 5 amide bonds. The van der Waals surface area contributed by atoms with Gasteiger partial charge >= 0.3 is 18.0 Å². The summed E-state index contributed by atoms with van der Waals surface area (Å²) in [5.41, 5.74) is -0.508. The van der Waals surface area contributed by atoms with E-state index in [1.165, 1.54) is 9.80 Å². The number of nitrogens with one attached hydrogen (secondary N) is 1. The average Bonchev–Trinajstić information content (AvgIpc) is 3.33. The maximum atomic E-state index is 12.3. The minimum atomic E-state index is -0.508. The van der Waals surface area contributed by atoms with E-state index in [0.717, 1.165) is 57.8 Å². The number of urea groups is 1. The number of ether oxygens (including phenoxy) is 2. The van der Waals surface area contributed by atoms with Gasteiger partial charge in [0.15, 0.2) is 0 Å². The molecule has 2 aliphatic rings. The van der Waals surface area contributed by atoms with Crippen molar-refractivity contribution in [1.29, 1.82) is 0 Å². The highest BCUT2D eigenvalue weighted by Gasteiger charge is 2.25. The number of carbonyl (C=O) groups is 6. The van der Waals surface area contributed by atoms with Gasteiger partial charge in [-0.2, -0.15) is 0 Å². The van der Waals surface area contributed by atoms with Gasteiger partial charge in [-0.1, -0.05) is 46.0 Å². The quantitative estimate of drug-likeness (QED) is 0.179. The number of nitrogens with zero attached hydrogens (tertiary/aromatic N) is 2. The molecule has 1 N–H and O–H groups in total. The molecule has 2 heterocycles. The Morgan fingerprint density at radius 2 is 1.14 bits per heavy atom. The fourth-order valence-electron chi connectivity index (χ4n) is 5.08. The van der Waals surface area contributed by atoms with Gasteiger partial charge in [0.25, 0.3) is 0 Å². The SMILES string of the molecule is CC(C)(COC(=O)CCCCCCC(=O)N1CCCCCC1=O)COC(=O)CCCCCNC(=O)N1CCCCCC1=O. The fourth-order valence-corrected chi connectivity index (χ4v) is 5.08. The highest BCUT2D eigenvalue weighted by Crippen LogP contribution is 2.18. The number of hydrogen-bond acceptors (Lipinski definition) is 8. The van der Waals surface area contributed by atoms with Crippen LogP contribution in [0.15, 0.2) is 0 Å². The van der Waals surface area contributed by atoms with Crippen molar-refractivity contribution in [2.75, 3.05) is 32.8 Å². The lowest BCUT2D eigenvalue weighted by Gasteiger charge is -2.23. The molecule has 0 bridgehead atoms. The molecule has 11 heteroatoms. The van der Waals surface area contributed by atoms with E-state index in [1.807, 2.05) is 13.8 Å². The second kappa shape index (κ2) is 20.1. The molecule has 0 aromatic rings. The van der Waals surface area contributed by atoms with Crippen molar-refractivity contribution in [3.05, 3.63) is 0 Å². The van der Waals surface area contributed by atoms with Gasteiger partial charge in [0.2, 0.25) is 17.7 Å². The third kappa shape index (κ3) is 15.4. The van der Waals surface area contributed by atoms with Crippen LogP contribution in [0.2, 0.25) is 0 Å². The van der Waals surface area contributed by atoms with Crippen LogP contribution in [-0.2, 0) is 33.4 Å². The van der Waals surface area contributed by atoms with Gasteiger partial charge in [-0.3, -0.25) is 33.8 Å². The zero-order chi connectivity index (χ0) is 31.5. The van der Waals surface area contributed by atoms with Gasteiger partial charge in [-0.25, -0.2) is 4.79 Å². The maximum absolute atomic E-state index is 12.3. The van der Waals surface area contributed by atoms with Crippen molar-refractivity contribution in [2.24, 2.45) is 5.41 Å². The Kier molecular flexibility index (Phi) is 16.9. The maximum Gasteiger partial charge on any atom is 0.324 e. The zero-order valence-electron chi connectivity index (χ0n) is 26.4. The summed E-state index contributed by atoms with van der Waals surface area (Å²) in [4.78, 5) is 75.6. The number of likely N-dealkylation sites (tertiary alicyclic amines) is 2. The Morgan fingerprint density at radius 1 is 0.651 bits per heavy atom. The van der Waals surface area contributed by atoms with Crippen molar-refractivity contribution >= 4 is 35.7 Å². The molecule has 0 saturated carbocycles. The molecule has 0 atom stereocenters. The molecule has 0 radical (unpaired) electrons. The van der Waals surface area contributed by atoms with Crippen molar-refractivity contribution < 1.29 is 38.2 Å². The van der Waals surface area contributed by atoms with Crippen LogP contribution >= 0.6 is 0 Å².